The molecule has 2 aromatic carbocycles. The van der Waals surface area contributed by atoms with Gasteiger partial charge in [0.2, 0.25) is 11.8 Å². The van der Waals surface area contributed by atoms with Crippen LogP contribution in [0.3, 0.4) is 0 Å². The second-order valence-corrected chi connectivity index (χ2v) is 14.1. The molecule has 6 amide bonds. The molecular formula is C39H45N7O11. The van der Waals surface area contributed by atoms with Crippen LogP contribution in [0.5, 0.6) is 11.5 Å². The fourth-order valence-electron chi connectivity index (χ4n) is 7.55. The minimum Gasteiger partial charge on any atom is -0.496 e. The van der Waals surface area contributed by atoms with Gasteiger partial charge < -0.3 is 44.3 Å². The first-order valence-electron chi connectivity index (χ1n) is 18.3. The molecule has 0 spiro atoms. The van der Waals surface area contributed by atoms with Crippen LogP contribution in [0.2, 0.25) is 0 Å². The normalized spacial score (nSPS) is 17.6. The monoisotopic (exact) mass is 787 g/mol. The van der Waals surface area contributed by atoms with Gasteiger partial charge in [0.25, 0.3) is 17.4 Å². The number of hydrogen-bond acceptors (Lipinski definition) is 12. The maximum Gasteiger partial charge on any atom is 0.331 e. The first-order chi connectivity index (χ1) is 27.3. The predicted molar refractivity (Wildman–Crippen MR) is 204 cm³/mol. The molecule has 1 saturated heterocycles. The first-order valence-corrected chi connectivity index (χ1v) is 18.3. The highest BCUT2D eigenvalue weighted by Gasteiger charge is 2.46. The van der Waals surface area contributed by atoms with Gasteiger partial charge in [0.15, 0.2) is 6.04 Å². The van der Waals surface area contributed by atoms with Crippen molar-refractivity contribution >= 4 is 41.3 Å². The zero-order valence-electron chi connectivity index (χ0n) is 32.3. The van der Waals surface area contributed by atoms with Crippen LogP contribution in [-0.2, 0) is 39.1 Å². The first kappa shape index (κ1) is 40.4. The molecule has 4 N–H and O–H groups in total. The largest absolute Gasteiger partial charge is 0.496 e. The van der Waals surface area contributed by atoms with Gasteiger partial charge in [-0.1, -0.05) is 6.07 Å². The number of ether oxygens (including phenoxy) is 3. The van der Waals surface area contributed by atoms with Crippen molar-refractivity contribution in [2.45, 2.75) is 37.9 Å². The second kappa shape index (κ2) is 16.8. The van der Waals surface area contributed by atoms with Crippen LogP contribution in [0.1, 0.15) is 56.3 Å². The number of amides is 6. The molecule has 0 radical (unpaired) electrons. The maximum absolute atomic E-state index is 13.6. The Labute approximate surface area is 327 Å². The van der Waals surface area contributed by atoms with Gasteiger partial charge in [0.05, 0.1) is 49.7 Å². The number of benzene rings is 2. The number of urea groups is 1. The fraction of sp³-hybridized carbons (Fsp3) is 0.410. The number of rotatable bonds is 14. The summed E-state index contributed by atoms with van der Waals surface area (Å²) in [5.74, 6) is -2.63. The number of piperidine rings is 1. The molecule has 1 aromatic heterocycles. The number of imide groups is 2. The Morgan fingerprint density at radius 3 is 2.32 bits per heavy atom. The number of aryl methyl sites for hydroxylation is 1. The van der Waals surface area contributed by atoms with Gasteiger partial charge in [-0.15, -0.1) is 0 Å². The molecule has 0 bridgehead atoms. The van der Waals surface area contributed by atoms with Crippen LogP contribution >= 0.6 is 0 Å². The second-order valence-electron chi connectivity index (χ2n) is 14.1. The number of fused-ring (bicyclic) bond motifs is 2. The molecule has 4 heterocycles. The molecule has 6 rings (SSSR count). The highest BCUT2D eigenvalue weighted by Crippen LogP contribution is 2.40. The average Bonchev–Trinajstić information content (AvgIpc) is 3.43. The van der Waals surface area contributed by atoms with Crippen LogP contribution in [0.4, 0.5) is 10.5 Å². The third kappa shape index (κ3) is 7.90. The number of carboxylic acid groups (broad SMARTS) is 1. The third-order valence-electron chi connectivity index (χ3n) is 10.2. The van der Waals surface area contributed by atoms with Crippen LogP contribution in [-0.4, -0.2) is 127 Å². The standard InChI is InChI=1S/C39H45N7O11/c1-43(2)19-25-28(55-4)17-21(18-29(25)56-5)24-20-44(3)36(50)32-22(24)11-14-45(33(32)38(52)53)39(54)41-13-16-57-15-12-40-26-8-6-7-23-31(26)37(51)46(35(23)49)27-9-10-30(47)42-34(27)48/h6-8,17-18,20,27,33,40H,9-16,19H2,1-5H3,(H,41,54)(H,52,53)(H,42,47,48). The summed E-state index contributed by atoms with van der Waals surface area (Å²) >= 11 is 0. The number of nitrogens with zero attached hydrogens (tertiary/aromatic N) is 4. The van der Waals surface area contributed by atoms with E-state index in [1.165, 1.54) is 17.7 Å². The minimum absolute atomic E-state index is 0.00525. The zero-order valence-corrected chi connectivity index (χ0v) is 32.3. The Bertz CT molecular complexity index is 2180. The summed E-state index contributed by atoms with van der Waals surface area (Å²) in [6.07, 6.45) is 1.93. The van der Waals surface area contributed by atoms with Crippen molar-refractivity contribution in [3.05, 3.63) is 74.7 Å². The van der Waals surface area contributed by atoms with Crippen molar-refractivity contribution < 1.29 is 48.1 Å². The summed E-state index contributed by atoms with van der Waals surface area (Å²) in [7, 11) is 8.48. The highest BCUT2D eigenvalue weighted by atomic mass is 16.5. The van der Waals surface area contributed by atoms with Crippen LogP contribution in [0.25, 0.3) is 11.1 Å². The van der Waals surface area contributed by atoms with Gasteiger partial charge in [-0.25, -0.2) is 9.59 Å². The van der Waals surface area contributed by atoms with Gasteiger partial charge in [-0.3, -0.25) is 34.2 Å². The van der Waals surface area contributed by atoms with Gasteiger partial charge in [-0.05, 0) is 62.3 Å². The number of anilines is 1. The summed E-state index contributed by atoms with van der Waals surface area (Å²) in [6, 6.07) is 5.07. The number of hydrogen-bond donors (Lipinski definition) is 4. The number of carbonyl (C=O) groups excluding carboxylic acids is 5. The number of methoxy groups -OCH3 is 2. The Hall–Kier alpha value is -6.27. The predicted octanol–water partition coefficient (Wildman–Crippen LogP) is 1.35. The summed E-state index contributed by atoms with van der Waals surface area (Å²) in [4.78, 5) is 94.2. The molecule has 2 unspecified atom stereocenters. The van der Waals surface area contributed by atoms with Gasteiger partial charge in [0.1, 0.15) is 17.5 Å². The summed E-state index contributed by atoms with van der Waals surface area (Å²) in [6.45, 7) is 1.01. The van der Waals surface area contributed by atoms with E-state index in [0.717, 1.165) is 15.4 Å². The Morgan fingerprint density at radius 1 is 0.965 bits per heavy atom. The van der Waals surface area contributed by atoms with Crippen molar-refractivity contribution in [3.8, 4) is 22.6 Å². The number of aliphatic carboxylic acids is 1. The van der Waals surface area contributed by atoms with Gasteiger partial charge in [0, 0.05) is 57.1 Å². The van der Waals surface area contributed by atoms with Crippen molar-refractivity contribution in [2.75, 3.05) is 66.5 Å². The highest BCUT2D eigenvalue weighted by molar-refractivity contribution is 6.25. The molecule has 3 aromatic rings. The van der Waals surface area contributed by atoms with Crippen molar-refractivity contribution in [2.24, 2.45) is 7.05 Å². The molecule has 3 aliphatic heterocycles. The minimum atomic E-state index is -1.55. The number of pyridine rings is 1. The van der Waals surface area contributed by atoms with E-state index in [9.17, 15) is 38.7 Å². The number of aromatic nitrogens is 1. The van der Waals surface area contributed by atoms with E-state index >= 15 is 0 Å². The van der Waals surface area contributed by atoms with E-state index in [4.69, 9.17) is 14.2 Å². The molecule has 0 aliphatic carbocycles. The lowest BCUT2D eigenvalue weighted by Gasteiger charge is -2.35. The molecule has 302 valence electrons. The van der Waals surface area contributed by atoms with E-state index < -0.39 is 53.3 Å². The summed E-state index contributed by atoms with van der Waals surface area (Å²) < 4.78 is 18.4. The Kier molecular flexibility index (Phi) is 11.9. The molecule has 1 fully saturated rings. The van der Waals surface area contributed by atoms with Gasteiger partial charge >= 0.3 is 12.0 Å². The SMILES string of the molecule is COc1cc(-c2cn(C)c(=O)c3c2CCN(C(=O)NCCOCCNc2cccc4c2C(=O)N(C2CCC(=O)NC2=O)C4=O)C3C(=O)O)cc(OC)c1CN(C)C. The lowest BCUT2D eigenvalue weighted by Crippen LogP contribution is -2.54. The molecule has 2 atom stereocenters. The van der Waals surface area contributed by atoms with E-state index in [0.29, 0.717) is 40.4 Å². The zero-order chi connectivity index (χ0) is 41.1. The molecule has 57 heavy (non-hydrogen) atoms. The van der Waals surface area contributed by atoms with E-state index in [1.807, 2.05) is 31.1 Å². The smallest absolute Gasteiger partial charge is 0.331 e. The maximum atomic E-state index is 13.6. The van der Waals surface area contributed by atoms with E-state index in [-0.39, 0.29) is 68.8 Å². The number of nitrogens with one attached hydrogen (secondary N) is 3. The molecular weight excluding hydrogens is 742 g/mol. The number of carbonyl (C=O) groups is 6. The van der Waals surface area contributed by atoms with Crippen LogP contribution in [0, 0.1) is 0 Å². The quantitative estimate of drug-likeness (QED) is 0.134. The molecule has 18 heteroatoms. The molecule has 0 saturated carbocycles. The van der Waals surface area contributed by atoms with Gasteiger partial charge in [-0.2, -0.15) is 0 Å². The van der Waals surface area contributed by atoms with E-state index in [1.54, 1.807) is 32.5 Å². The average molecular weight is 788 g/mol. The van der Waals surface area contributed by atoms with Crippen molar-refractivity contribution in [1.29, 1.82) is 0 Å². The third-order valence-corrected chi connectivity index (χ3v) is 10.2. The van der Waals surface area contributed by atoms with Crippen molar-refractivity contribution in [3.63, 3.8) is 0 Å². The van der Waals surface area contributed by atoms with Crippen LogP contribution in [0.15, 0.2) is 41.3 Å². The summed E-state index contributed by atoms with van der Waals surface area (Å²) in [5, 5.41) is 18.3. The molecule has 3 aliphatic rings. The lowest BCUT2D eigenvalue weighted by atomic mass is 9.87. The Morgan fingerprint density at radius 2 is 1.67 bits per heavy atom. The van der Waals surface area contributed by atoms with Crippen molar-refractivity contribution in [1.82, 2.24) is 29.9 Å². The number of carboxylic acids is 1. The molecule has 18 nitrogen and oxygen atoms in total. The van der Waals surface area contributed by atoms with E-state index in [2.05, 4.69) is 16.0 Å². The van der Waals surface area contributed by atoms with Crippen LogP contribution < -0.4 is 31.0 Å². The summed E-state index contributed by atoms with van der Waals surface area (Å²) in [5.41, 5.74) is 2.73. The Balaban J connectivity index is 1.08. The fourth-order valence-corrected chi connectivity index (χ4v) is 7.55. The lowest BCUT2D eigenvalue weighted by molar-refractivity contribution is -0.143. The topological polar surface area (TPSA) is 218 Å².